The van der Waals surface area contributed by atoms with Crippen LogP contribution in [0.15, 0.2) is 47.5 Å². The van der Waals surface area contributed by atoms with Crippen molar-refractivity contribution < 1.29 is 5.11 Å². The van der Waals surface area contributed by atoms with Gasteiger partial charge in [-0.25, -0.2) is 0 Å². The minimum atomic E-state index is 0.0900. The lowest BCUT2D eigenvalue weighted by Crippen LogP contribution is -1.98. The van der Waals surface area contributed by atoms with E-state index in [1.807, 2.05) is 43.3 Å². The number of benzene rings is 2. The van der Waals surface area contributed by atoms with Crippen molar-refractivity contribution in [3.05, 3.63) is 59.3 Å². The number of aryl methyl sites for hydroxylation is 2. The summed E-state index contributed by atoms with van der Waals surface area (Å²) in [4.78, 5) is 4.38. The summed E-state index contributed by atoms with van der Waals surface area (Å²) in [5.74, 6) is 0.0900. The molecule has 1 aromatic heterocycles. The van der Waals surface area contributed by atoms with Gasteiger partial charge in [-0.05, 0) is 24.6 Å². The molecule has 0 aliphatic carbocycles. The molecule has 6 nitrogen and oxygen atoms in total. The summed E-state index contributed by atoms with van der Waals surface area (Å²) in [6.45, 7) is 2.44. The van der Waals surface area contributed by atoms with Crippen LogP contribution in [0.3, 0.4) is 0 Å². The molecule has 25 heavy (non-hydrogen) atoms. The molecule has 0 atom stereocenters. The van der Waals surface area contributed by atoms with Crippen LogP contribution >= 0.6 is 0 Å². The number of aliphatic imine (C=N–C) groups is 1. The molecule has 6 heteroatoms. The second kappa shape index (κ2) is 6.78. The highest BCUT2D eigenvalue weighted by Gasteiger charge is 2.15. The molecule has 0 spiro atoms. The lowest BCUT2D eigenvalue weighted by atomic mass is 10.1. The summed E-state index contributed by atoms with van der Waals surface area (Å²) in [6.07, 6.45) is 1.56. The van der Waals surface area contributed by atoms with Crippen molar-refractivity contribution in [2.45, 2.75) is 13.5 Å². The summed E-state index contributed by atoms with van der Waals surface area (Å²) < 4.78 is 1.60. The molecule has 5 N–H and O–H groups in total. The average Bonchev–Trinajstić information content (AvgIpc) is 2.89. The van der Waals surface area contributed by atoms with Crippen molar-refractivity contribution in [3.63, 3.8) is 0 Å². The highest BCUT2D eigenvalue weighted by molar-refractivity contribution is 5.88. The molecule has 0 amide bonds. The molecule has 128 valence electrons. The Morgan fingerprint density at radius 3 is 2.56 bits per heavy atom. The smallest absolute Gasteiger partial charge is 0.170 e. The Bertz CT molecular complexity index is 926. The van der Waals surface area contributed by atoms with Crippen LogP contribution in [0.1, 0.15) is 16.8 Å². The third-order valence-corrected chi connectivity index (χ3v) is 4.04. The van der Waals surface area contributed by atoms with Crippen LogP contribution in [0.5, 0.6) is 5.75 Å². The molecule has 2 aromatic carbocycles. The van der Waals surface area contributed by atoms with E-state index in [-0.39, 0.29) is 5.75 Å². The standard InChI is InChI=1S/C19H21N5O/c1-12-3-6-14(7-4-12)18-19(25)17(24(2)23-18)11-22-16-8-5-13(10-20)9-15(16)21/h3-9,11,25H,10,20-21H2,1-2H3. The van der Waals surface area contributed by atoms with Gasteiger partial charge in [0.2, 0.25) is 0 Å². The van der Waals surface area contributed by atoms with Gasteiger partial charge in [-0.2, -0.15) is 5.10 Å². The van der Waals surface area contributed by atoms with Crippen molar-refractivity contribution in [2.24, 2.45) is 17.8 Å². The van der Waals surface area contributed by atoms with Gasteiger partial charge in [0.25, 0.3) is 0 Å². The van der Waals surface area contributed by atoms with E-state index in [0.717, 1.165) is 16.7 Å². The number of nitrogens with zero attached hydrogens (tertiary/aromatic N) is 3. The van der Waals surface area contributed by atoms with Crippen molar-refractivity contribution >= 4 is 17.6 Å². The summed E-state index contributed by atoms with van der Waals surface area (Å²) >= 11 is 0. The molecular weight excluding hydrogens is 314 g/mol. The molecule has 0 bridgehead atoms. The summed E-state index contributed by atoms with van der Waals surface area (Å²) in [6, 6.07) is 13.3. The minimum Gasteiger partial charge on any atom is -0.504 e. The maximum atomic E-state index is 10.5. The van der Waals surface area contributed by atoms with E-state index in [2.05, 4.69) is 10.1 Å². The van der Waals surface area contributed by atoms with Crippen molar-refractivity contribution in [1.82, 2.24) is 9.78 Å². The third-order valence-electron chi connectivity index (χ3n) is 4.04. The van der Waals surface area contributed by atoms with Crippen LogP contribution in [-0.4, -0.2) is 21.1 Å². The maximum Gasteiger partial charge on any atom is 0.170 e. The average molecular weight is 335 g/mol. The van der Waals surface area contributed by atoms with Gasteiger partial charge in [0, 0.05) is 19.2 Å². The van der Waals surface area contributed by atoms with E-state index in [1.54, 1.807) is 24.0 Å². The monoisotopic (exact) mass is 335 g/mol. The number of nitrogens with two attached hydrogens (primary N) is 2. The van der Waals surface area contributed by atoms with Gasteiger partial charge in [-0.15, -0.1) is 0 Å². The van der Waals surface area contributed by atoms with Gasteiger partial charge in [-0.3, -0.25) is 9.67 Å². The number of aromatic hydroxyl groups is 1. The lowest BCUT2D eigenvalue weighted by molar-refractivity contribution is 0.475. The van der Waals surface area contributed by atoms with Crippen LogP contribution < -0.4 is 11.5 Å². The predicted octanol–water partition coefficient (Wildman–Crippen LogP) is 2.89. The topological polar surface area (TPSA) is 102 Å². The Balaban J connectivity index is 1.94. The number of hydrogen-bond donors (Lipinski definition) is 3. The highest BCUT2D eigenvalue weighted by Crippen LogP contribution is 2.31. The van der Waals surface area contributed by atoms with Gasteiger partial charge in [-0.1, -0.05) is 35.9 Å². The van der Waals surface area contributed by atoms with E-state index in [9.17, 15) is 5.11 Å². The number of nitrogen functional groups attached to an aromatic ring is 1. The number of hydrogen-bond acceptors (Lipinski definition) is 5. The molecule has 0 saturated heterocycles. The lowest BCUT2D eigenvalue weighted by Gasteiger charge is -2.03. The Labute approximate surface area is 146 Å². The van der Waals surface area contributed by atoms with Crippen molar-refractivity contribution in [2.75, 3.05) is 5.73 Å². The first-order valence-corrected chi connectivity index (χ1v) is 7.95. The molecule has 3 aromatic rings. The summed E-state index contributed by atoms with van der Waals surface area (Å²) in [5, 5.41) is 14.9. The molecule has 0 aliphatic heterocycles. The molecule has 0 fully saturated rings. The Hall–Kier alpha value is -3.12. The van der Waals surface area contributed by atoms with E-state index < -0.39 is 0 Å². The predicted molar refractivity (Wildman–Crippen MR) is 101 cm³/mol. The van der Waals surface area contributed by atoms with Crippen LogP contribution in [0.4, 0.5) is 11.4 Å². The summed E-state index contributed by atoms with van der Waals surface area (Å²) in [5.41, 5.74) is 16.7. The molecule has 0 unspecified atom stereocenters. The van der Waals surface area contributed by atoms with Crippen LogP contribution in [0.2, 0.25) is 0 Å². The second-order valence-corrected chi connectivity index (χ2v) is 5.93. The SMILES string of the molecule is Cc1ccc(-c2nn(C)c(C=Nc3ccc(CN)cc3N)c2O)cc1. The third kappa shape index (κ3) is 3.39. The molecular formula is C19H21N5O. The number of anilines is 1. The number of aromatic nitrogens is 2. The quantitative estimate of drug-likeness (QED) is 0.504. The molecule has 0 radical (unpaired) electrons. The Morgan fingerprint density at radius 2 is 1.92 bits per heavy atom. The zero-order valence-electron chi connectivity index (χ0n) is 14.3. The number of rotatable bonds is 4. The van der Waals surface area contributed by atoms with Gasteiger partial charge < -0.3 is 16.6 Å². The van der Waals surface area contributed by atoms with Gasteiger partial charge in [0.15, 0.2) is 5.75 Å². The first kappa shape index (κ1) is 16.7. The summed E-state index contributed by atoms with van der Waals surface area (Å²) in [7, 11) is 1.76. The fraction of sp³-hybridized carbons (Fsp3) is 0.158. The van der Waals surface area contributed by atoms with Gasteiger partial charge in [0.05, 0.1) is 17.6 Å². The van der Waals surface area contributed by atoms with E-state index >= 15 is 0 Å². The molecule has 0 aliphatic rings. The van der Waals surface area contributed by atoms with E-state index in [0.29, 0.717) is 29.3 Å². The molecule has 0 saturated carbocycles. The highest BCUT2D eigenvalue weighted by atomic mass is 16.3. The largest absolute Gasteiger partial charge is 0.504 e. The first-order chi connectivity index (χ1) is 12.0. The van der Waals surface area contributed by atoms with Crippen LogP contribution in [-0.2, 0) is 13.6 Å². The van der Waals surface area contributed by atoms with Crippen LogP contribution in [0, 0.1) is 6.92 Å². The van der Waals surface area contributed by atoms with Gasteiger partial charge in [0.1, 0.15) is 11.4 Å². The molecule has 3 rings (SSSR count). The maximum absolute atomic E-state index is 10.5. The fourth-order valence-electron chi connectivity index (χ4n) is 2.56. The fourth-order valence-corrected chi connectivity index (χ4v) is 2.56. The normalized spacial score (nSPS) is 11.3. The Kier molecular flexibility index (Phi) is 4.54. The van der Waals surface area contributed by atoms with Crippen LogP contribution in [0.25, 0.3) is 11.3 Å². The minimum absolute atomic E-state index is 0.0900. The van der Waals surface area contributed by atoms with E-state index in [1.165, 1.54) is 0 Å². The first-order valence-electron chi connectivity index (χ1n) is 7.95. The van der Waals surface area contributed by atoms with E-state index in [4.69, 9.17) is 11.5 Å². The Morgan fingerprint density at radius 1 is 1.20 bits per heavy atom. The van der Waals surface area contributed by atoms with Crippen molar-refractivity contribution in [3.8, 4) is 17.0 Å². The van der Waals surface area contributed by atoms with Crippen molar-refractivity contribution in [1.29, 1.82) is 0 Å². The van der Waals surface area contributed by atoms with Gasteiger partial charge >= 0.3 is 0 Å². The zero-order valence-corrected chi connectivity index (χ0v) is 14.3. The zero-order chi connectivity index (χ0) is 18.0. The molecule has 1 heterocycles. The second-order valence-electron chi connectivity index (χ2n) is 5.93.